The van der Waals surface area contributed by atoms with E-state index in [-0.39, 0.29) is 5.91 Å². The fourth-order valence-electron chi connectivity index (χ4n) is 2.53. The van der Waals surface area contributed by atoms with Crippen LogP contribution in [0, 0.1) is 11.3 Å². The number of nitrogens with zero attached hydrogens (tertiary/aromatic N) is 3. The molecule has 0 aromatic carbocycles. The number of hydrogen-bond donors (Lipinski definition) is 1. The third-order valence-electron chi connectivity index (χ3n) is 3.82. The number of amides is 1. The Kier molecular flexibility index (Phi) is 5.57. The fourth-order valence-corrected chi connectivity index (χ4v) is 2.53. The van der Waals surface area contributed by atoms with E-state index in [0.717, 1.165) is 25.7 Å². The number of rotatable bonds is 5. The van der Waals surface area contributed by atoms with Crippen LogP contribution in [0.2, 0.25) is 0 Å². The number of carbonyl (C=O) groups is 1. The van der Waals surface area contributed by atoms with E-state index in [1.54, 1.807) is 11.9 Å². The van der Waals surface area contributed by atoms with Gasteiger partial charge in [-0.2, -0.15) is 5.26 Å². The number of nitriles is 1. The summed E-state index contributed by atoms with van der Waals surface area (Å²) in [6.45, 7) is 1.56. The molecular weight excluding hydrogens is 228 g/mol. The Morgan fingerprint density at radius 1 is 1.33 bits per heavy atom. The second-order valence-corrected chi connectivity index (χ2v) is 5.18. The Morgan fingerprint density at radius 3 is 2.44 bits per heavy atom. The largest absolute Gasteiger partial charge is 0.329 e. The molecule has 1 amide bonds. The molecule has 5 heteroatoms. The number of hydrogen-bond acceptors (Lipinski definition) is 4. The molecule has 5 nitrogen and oxygen atoms in total. The fraction of sp³-hybridized carbons (Fsp3) is 0.846. The van der Waals surface area contributed by atoms with E-state index in [4.69, 9.17) is 5.73 Å². The van der Waals surface area contributed by atoms with Crippen molar-refractivity contribution in [1.82, 2.24) is 9.80 Å². The second-order valence-electron chi connectivity index (χ2n) is 5.18. The van der Waals surface area contributed by atoms with Crippen molar-refractivity contribution in [3.63, 3.8) is 0 Å². The van der Waals surface area contributed by atoms with Gasteiger partial charge in [-0.3, -0.25) is 9.69 Å². The average molecular weight is 252 g/mol. The number of carbonyl (C=O) groups excluding carboxylic acids is 1. The maximum Gasteiger partial charge on any atom is 0.237 e. The third-order valence-corrected chi connectivity index (χ3v) is 3.82. The van der Waals surface area contributed by atoms with E-state index in [9.17, 15) is 10.1 Å². The van der Waals surface area contributed by atoms with Crippen LogP contribution < -0.4 is 5.73 Å². The van der Waals surface area contributed by atoms with Crippen LogP contribution in [0.15, 0.2) is 0 Å². The van der Waals surface area contributed by atoms with Gasteiger partial charge in [0.15, 0.2) is 0 Å². The molecule has 1 saturated carbocycles. The Balaban J connectivity index is 2.63. The predicted molar refractivity (Wildman–Crippen MR) is 70.8 cm³/mol. The summed E-state index contributed by atoms with van der Waals surface area (Å²) >= 11 is 0. The lowest BCUT2D eigenvalue weighted by molar-refractivity contribution is -0.135. The Bertz CT molecular complexity index is 317. The van der Waals surface area contributed by atoms with Crippen LogP contribution in [0.5, 0.6) is 0 Å². The standard InChI is InChI=1S/C13H24N4O/c1-16(9-8-14)10-12(18)17(2)13(11-15)6-4-3-5-7-13/h3-10,14H2,1-2H3. The molecule has 0 bridgehead atoms. The highest BCUT2D eigenvalue weighted by Crippen LogP contribution is 2.32. The van der Waals surface area contributed by atoms with Crippen molar-refractivity contribution >= 4 is 5.91 Å². The monoisotopic (exact) mass is 252 g/mol. The van der Waals surface area contributed by atoms with E-state index >= 15 is 0 Å². The summed E-state index contributed by atoms with van der Waals surface area (Å²) in [7, 11) is 3.63. The highest BCUT2D eigenvalue weighted by molar-refractivity contribution is 5.79. The molecule has 2 N–H and O–H groups in total. The first-order valence-corrected chi connectivity index (χ1v) is 6.62. The van der Waals surface area contributed by atoms with Gasteiger partial charge in [0, 0.05) is 20.1 Å². The quantitative estimate of drug-likeness (QED) is 0.776. The average Bonchev–Trinajstić information content (AvgIpc) is 2.38. The molecule has 1 fully saturated rings. The summed E-state index contributed by atoms with van der Waals surface area (Å²) < 4.78 is 0. The number of likely N-dealkylation sites (N-methyl/N-ethyl adjacent to an activating group) is 2. The van der Waals surface area contributed by atoms with Crippen LogP contribution in [0.1, 0.15) is 32.1 Å². The molecule has 0 heterocycles. The molecular formula is C13H24N4O. The van der Waals surface area contributed by atoms with Crippen molar-refractivity contribution in [2.24, 2.45) is 5.73 Å². The van der Waals surface area contributed by atoms with Gasteiger partial charge in [-0.1, -0.05) is 19.3 Å². The molecule has 102 valence electrons. The van der Waals surface area contributed by atoms with Crippen molar-refractivity contribution in [3.05, 3.63) is 0 Å². The van der Waals surface area contributed by atoms with Crippen LogP contribution in [0.4, 0.5) is 0 Å². The van der Waals surface area contributed by atoms with Crippen molar-refractivity contribution in [2.75, 3.05) is 33.7 Å². The third kappa shape index (κ3) is 3.44. The molecule has 0 atom stereocenters. The highest BCUT2D eigenvalue weighted by atomic mass is 16.2. The maximum atomic E-state index is 12.2. The summed E-state index contributed by atoms with van der Waals surface area (Å²) in [5.74, 6) is 0.00870. The summed E-state index contributed by atoms with van der Waals surface area (Å²) in [4.78, 5) is 15.7. The molecule has 0 aromatic heterocycles. The molecule has 0 aromatic rings. The summed E-state index contributed by atoms with van der Waals surface area (Å²) in [5, 5.41) is 9.42. The van der Waals surface area contributed by atoms with Crippen LogP contribution in [-0.2, 0) is 4.79 Å². The van der Waals surface area contributed by atoms with Gasteiger partial charge in [-0.15, -0.1) is 0 Å². The lowest BCUT2D eigenvalue weighted by Gasteiger charge is -2.39. The predicted octanol–water partition coefficient (Wildman–Crippen LogP) is 0.562. The summed E-state index contributed by atoms with van der Waals surface area (Å²) in [5.41, 5.74) is 4.87. The highest BCUT2D eigenvalue weighted by Gasteiger charge is 2.38. The number of nitrogens with two attached hydrogens (primary N) is 1. The first-order valence-electron chi connectivity index (χ1n) is 6.62. The van der Waals surface area contributed by atoms with Crippen LogP contribution in [-0.4, -0.2) is 55.0 Å². The lowest BCUT2D eigenvalue weighted by atomic mass is 9.81. The zero-order chi connectivity index (χ0) is 13.6. The van der Waals surface area contributed by atoms with Gasteiger partial charge in [0.1, 0.15) is 5.54 Å². The van der Waals surface area contributed by atoms with Gasteiger partial charge >= 0.3 is 0 Å². The SMILES string of the molecule is CN(CCN)CC(=O)N(C)C1(C#N)CCCCC1. The minimum Gasteiger partial charge on any atom is -0.329 e. The van der Waals surface area contributed by atoms with E-state index in [0.29, 0.717) is 19.6 Å². The first-order chi connectivity index (χ1) is 8.55. The summed E-state index contributed by atoms with van der Waals surface area (Å²) in [6.07, 6.45) is 4.82. The zero-order valence-corrected chi connectivity index (χ0v) is 11.5. The molecule has 1 aliphatic rings. The smallest absolute Gasteiger partial charge is 0.237 e. The van der Waals surface area contributed by atoms with Gasteiger partial charge in [-0.05, 0) is 19.9 Å². The normalized spacial score (nSPS) is 18.4. The van der Waals surface area contributed by atoms with Crippen LogP contribution in [0.3, 0.4) is 0 Å². The minimum absolute atomic E-state index is 0.00870. The van der Waals surface area contributed by atoms with Gasteiger partial charge in [0.05, 0.1) is 12.6 Å². The van der Waals surface area contributed by atoms with Crippen molar-refractivity contribution in [2.45, 2.75) is 37.6 Å². The molecule has 0 saturated heterocycles. The van der Waals surface area contributed by atoms with Crippen molar-refractivity contribution < 1.29 is 4.79 Å². The molecule has 18 heavy (non-hydrogen) atoms. The van der Waals surface area contributed by atoms with Crippen molar-refractivity contribution in [3.8, 4) is 6.07 Å². The Hall–Kier alpha value is -1.12. The maximum absolute atomic E-state index is 12.2. The molecule has 1 aliphatic carbocycles. The molecule has 0 aliphatic heterocycles. The van der Waals surface area contributed by atoms with E-state index in [2.05, 4.69) is 6.07 Å². The van der Waals surface area contributed by atoms with Gasteiger partial charge in [-0.25, -0.2) is 0 Å². The van der Waals surface area contributed by atoms with Crippen molar-refractivity contribution in [1.29, 1.82) is 5.26 Å². The first kappa shape index (κ1) is 14.9. The van der Waals surface area contributed by atoms with Gasteiger partial charge in [0.2, 0.25) is 5.91 Å². The molecule has 0 radical (unpaired) electrons. The summed E-state index contributed by atoms with van der Waals surface area (Å²) in [6, 6.07) is 2.37. The minimum atomic E-state index is -0.584. The lowest BCUT2D eigenvalue weighted by Crippen LogP contribution is -2.52. The van der Waals surface area contributed by atoms with Crippen LogP contribution >= 0.6 is 0 Å². The van der Waals surface area contributed by atoms with E-state index in [1.165, 1.54) is 6.42 Å². The molecule has 0 unspecified atom stereocenters. The zero-order valence-electron chi connectivity index (χ0n) is 11.5. The second kappa shape index (κ2) is 6.72. The van der Waals surface area contributed by atoms with Crippen LogP contribution in [0.25, 0.3) is 0 Å². The Morgan fingerprint density at radius 2 is 1.94 bits per heavy atom. The van der Waals surface area contributed by atoms with Gasteiger partial charge < -0.3 is 10.6 Å². The molecule has 1 rings (SSSR count). The topological polar surface area (TPSA) is 73.4 Å². The van der Waals surface area contributed by atoms with E-state index in [1.807, 2.05) is 11.9 Å². The van der Waals surface area contributed by atoms with Gasteiger partial charge in [0.25, 0.3) is 0 Å². The Labute approximate surface area is 110 Å². The van der Waals surface area contributed by atoms with E-state index < -0.39 is 5.54 Å². The molecule has 0 spiro atoms.